The molecule has 0 saturated carbocycles. The number of benzene rings is 1. The molecule has 0 unspecified atom stereocenters. The van der Waals surface area contributed by atoms with Crippen LogP contribution in [0.25, 0.3) is 0 Å². The lowest BCUT2D eigenvalue weighted by Crippen LogP contribution is -2.15. The molecule has 0 aliphatic carbocycles. The third-order valence-corrected chi connectivity index (χ3v) is 2.81. The summed E-state index contributed by atoms with van der Waals surface area (Å²) in [4.78, 5) is 15.7. The van der Waals surface area contributed by atoms with Gasteiger partial charge in [-0.1, -0.05) is 6.07 Å². The lowest BCUT2D eigenvalue weighted by atomic mass is 10.1. The van der Waals surface area contributed by atoms with E-state index in [4.69, 9.17) is 0 Å². The standard InChI is InChI=1S/C13H9BrF2N2O/c14-9-2-4-12(17-7-9)18-13(19)6-8-1-3-10(15)11(16)5-8/h1-5,7H,6H2,(H,17,18,19). The van der Waals surface area contributed by atoms with Crippen LogP contribution in [0.2, 0.25) is 0 Å². The number of nitrogens with zero attached hydrogens (tertiary/aromatic N) is 1. The monoisotopic (exact) mass is 326 g/mol. The fourth-order valence-electron chi connectivity index (χ4n) is 1.47. The van der Waals surface area contributed by atoms with E-state index in [1.165, 1.54) is 6.07 Å². The van der Waals surface area contributed by atoms with Gasteiger partial charge in [0.25, 0.3) is 0 Å². The summed E-state index contributed by atoms with van der Waals surface area (Å²) in [5, 5.41) is 2.56. The summed E-state index contributed by atoms with van der Waals surface area (Å²) in [5.41, 5.74) is 0.397. The predicted octanol–water partition coefficient (Wildman–Crippen LogP) is 3.30. The number of carbonyl (C=O) groups excluding carboxylic acids is 1. The highest BCUT2D eigenvalue weighted by molar-refractivity contribution is 9.10. The van der Waals surface area contributed by atoms with Gasteiger partial charge in [-0.2, -0.15) is 0 Å². The molecule has 0 aliphatic rings. The molecule has 1 heterocycles. The van der Waals surface area contributed by atoms with Gasteiger partial charge in [-0.15, -0.1) is 0 Å². The van der Waals surface area contributed by atoms with Crippen molar-refractivity contribution in [3.05, 3.63) is 58.2 Å². The molecule has 0 bridgehead atoms. The maximum absolute atomic E-state index is 13.0. The molecule has 19 heavy (non-hydrogen) atoms. The molecule has 2 aromatic rings. The molecule has 6 heteroatoms. The Morgan fingerprint density at radius 2 is 2.00 bits per heavy atom. The number of amides is 1. The number of carbonyl (C=O) groups is 1. The zero-order valence-corrected chi connectivity index (χ0v) is 11.2. The highest BCUT2D eigenvalue weighted by Gasteiger charge is 2.08. The minimum absolute atomic E-state index is 0.0467. The van der Waals surface area contributed by atoms with Gasteiger partial charge in [-0.05, 0) is 45.8 Å². The molecular weight excluding hydrogens is 318 g/mol. The lowest BCUT2D eigenvalue weighted by molar-refractivity contribution is -0.115. The Morgan fingerprint density at radius 1 is 1.21 bits per heavy atom. The van der Waals surface area contributed by atoms with E-state index in [1.54, 1.807) is 18.3 Å². The first kappa shape index (κ1) is 13.6. The zero-order valence-electron chi connectivity index (χ0n) is 9.66. The van der Waals surface area contributed by atoms with Gasteiger partial charge in [0, 0.05) is 10.7 Å². The van der Waals surface area contributed by atoms with Crippen LogP contribution >= 0.6 is 15.9 Å². The maximum atomic E-state index is 13.0. The molecule has 0 saturated heterocycles. The Morgan fingerprint density at radius 3 is 2.63 bits per heavy atom. The molecule has 0 aliphatic heterocycles. The summed E-state index contributed by atoms with van der Waals surface area (Å²) in [7, 11) is 0. The van der Waals surface area contributed by atoms with E-state index in [0.29, 0.717) is 11.4 Å². The SMILES string of the molecule is O=C(Cc1ccc(F)c(F)c1)Nc1ccc(Br)cn1. The van der Waals surface area contributed by atoms with Gasteiger partial charge in [-0.3, -0.25) is 4.79 Å². The first-order chi connectivity index (χ1) is 9.04. The van der Waals surface area contributed by atoms with E-state index in [9.17, 15) is 13.6 Å². The van der Waals surface area contributed by atoms with Crippen LogP contribution in [0, 0.1) is 11.6 Å². The van der Waals surface area contributed by atoms with Crippen LogP contribution in [-0.2, 0) is 11.2 Å². The number of halogens is 3. The average molecular weight is 327 g/mol. The summed E-state index contributed by atoms with van der Waals surface area (Å²) in [6, 6.07) is 6.74. The maximum Gasteiger partial charge on any atom is 0.229 e. The van der Waals surface area contributed by atoms with Crippen molar-refractivity contribution in [3.63, 3.8) is 0 Å². The van der Waals surface area contributed by atoms with Gasteiger partial charge < -0.3 is 5.32 Å². The van der Waals surface area contributed by atoms with E-state index < -0.39 is 11.6 Å². The summed E-state index contributed by atoms with van der Waals surface area (Å²) >= 11 is 3.23. The van der Waals surface area contributed by atoms with Crippen LogP contribution < -0.4 is 5.32 Å². The Kier molecular flexibility index (Phi) is 4.21. The molecule has 0 spiro atoms. The molecule has 0 atom stereocenters. The van der Waals surface area contributed by atoms with Gasteiger partial charge in [0.15, 0.2) is 11.6 Å². The molecule has 0 fully saturated rings. The van der Waals surface area contributed by atoms with Gasteiger partial charge in [0.05, 0.1) is 6.42 Å². The van der Waals surface area contributed by atoms with Crippen LogP contribution in [0.15, 0.2) is 41.0 Å². The molecular formula is C13H9BrF2N2O. The highest BCUT2D eigenvalue weighted by Crippen LogP contribution is 2.12. The highest BCUT2D eigenvalue weighted by atomic mass is 79.9. The van der Waals surface area contributed by atoms with Gasteiger partial charge in [-0.25, -0.2) is 13.8 Å². The molecule has 1 aromatic heterocycles. The van der Waals surface area contributed by atoms with Crippen molar-refractivity contribution in [2.45, 2.75) is 6.42 Å². The van der Waals surface area contributed by atoms with E-state index in [-0.39, 0.29) is 12.3 Å². The van der Waals surface area contributed by atoms with Crippen molar-refractivity contribution in [1.29, 1.82) is 0 Å². The summed E-state index contributed by atoms with van der Waals surface area (Å²) in [6.07, 6.45) is 1.50. The van der Waals surface area contributed by atoms with E-state index >= 15 is 0 Å². The van der Waals surface area contributed by atoms with E-state index in [1.807, 2.05) is 0 Å². The molecule has 0 radical (unpaired) electrons. The van der Waals surface area contributed by atoms with Gasteiger partial charge >= 0.3 is 0 Å². The third kappa shape index (κ3) is 3.82. The van der Waals surface area contributed by atoms with Crippen LogP contribution in [0.4, 0.5) is 14.6 Å². The van der Waals surface area contributed by atoms with Crippen molar-refractivity contribution in [1.82, 2.24) is 4.98 Å². The van der Waals surface area contributed by atoms with E-state index in [2.05, 4.69) is 26.2 Å². The van der Waals surface area contributed by atoms with Crippen molar-refractivity contribution in [3.8, 4) is 0 Å². The average Bonchev–Trinajstić information content (AvgIpc) is 2.37. The van der Waals surface area contributed by atoms with Crippen molar-refractivity contribution >= 4 is 27.7 Å². The topological polar surface area (TPSA) is 42.0 Å². The first-order valence-corrected chi connectivity index (χ1v) is 6.19. The second kappa shape index (κ2) is 5.88. The molecule has 98 valence electrons. The summed E-state index contributed by atoms with van der Waals surface area (Å²) < 4.78 is 26.5. The van der Waals surface area contributed by atoms with Gasteiger partial charge in [0.2, 0.25) is 5.91 Å². The minimum atomic E-state index is -0.966. The summed E-state index contributed by atoms with van der Waals surface area (Å²) in [5.74, 6) is -1.84. The van der Waals surface area contributed by atoms with Gasteiger partial charge in [0.1, 0.15) is 5.82 Å². The van der Waals surface area contributed by atoms with Crippen molar-refractivity contribution < 1.29 is 13.6 Å². The zero-order chi connectivity index (χ0) is 13.8. The summed E-state index contributed by atoms with van der Waals surface area (Å²) in [6.45, 7) is 0. The third-order valence-electron chi connectivity index (χ3n) is 2.34. The molecule has 1 N–H and O–H groups in total. The lowest BCUT2D eigenvalue weighted by Gasteiger charge is -2.05. The Labute approximate surface area is 116 Å². The Bertz CT molecular complexity index is 602. The number of nitrogens with one attached hydrogen (secondary N) is 1. The minimum Gasteiger partial charge on any atom is -0.310 e. The fraction of sp³-hybridized carbons (Fsp3) is 0.0769. The second-order valence-corrected chi connectivity index (χ2v) is 4.75. The van der Waals surface area contributed by atoms with Crippen molar-refractivity contribution in [2.24, 2.45) is 0 Å². The predicted molar refractivity (Wildman–Crippen MR) is 70.6 cm³/mol. The smallest absolute Gasteiger partial charge is 0.229 e. The number of hydrogen-bond acceptors (Lipinski definition) is 2. The normalized spacial score (nSPS) is 10.3. The number of hydrogen-bond donors (Lipinski definition) is 1. The van der Waals surface area contributed by atoms with Crippen LogP contribution in [0.3, 0.4) is 0 Å². The molecule has 1 aromatic carbocycles. The van der Waals surface area contributed by atoms with Crippen molar-refractivity contribution in [2.75, 3.05) is 5.32 Å². The molecule has 3 nitrogen and oxygen atoms in total. The Hall–Kier alpha value is -1.82. The van der Waals surface area contributed by atoms with E-state index in [0.717, 1.165) is 16.6 Å². The number of rotatable bonds is 3. The number of pyridine rings is 1. The van der Waals surface area contributed by atoms with Crippen LogP contribution in [-0.4, -0.2) is 10.9 Å². The molecule has 2 rings (SSSR count). The largest absolute Gasteiger partial charge is 0.310 e. The number of aromatic nitrogens is 1. The van der Waals surface area contributed by atoms with Crippen LogP contribution in [0.1, 0.15) is 5.56 Å². The Balaban J connectivity index is 2.01. The quantitative estimate of drug-likeness (QED) is 0.940. The molecule has 1 amide bonds. The first-order valence-electron chi connectivity index (χ1n) is 5.40. The fourth-order valence-corrected chi connectivity index (χ4v) is 1.71. The van der Waals surface area contributed by atoms with Crippen LogP contribution in [0.5, 0.6) is 0 Å². The second-order valence-electron chi connectivity index (χ2n) is 3.84. The number of anilines is 1.